The second-order valence-electron chi connectivity index (χ2n) is 5.15. The maximum absolute atomic E-state index is 12.0. The first kappa shape index (κ1) is 13.9. The summed E-state index contributed by atoms with van der Waals surface area (Å²) < 4.78 is 5.30. The van der Waals surface area contributed by atoms with Gasteiger partial charge in [-0.3, -0.25) is 0 Å². The van der Waals surface area contributed by atoms with E-state index in [2.05, 4.69) is 0 Å². The van der Waals surface area contributed by atoms with Gasteiger partial charge in [-0.15, -0.1) is 0 Å². The predicted molar refractivity (Wildman–Crippen MR) is 72.6 cm³/mol. The van der Waals surface area contributed by atoms with Crippen molar-refractivity contribution in [3.8, 4) is 0 Å². The molecule has 1 heterocycles. The van der Waals surface area contributed by atoms with Gasteiger partial charge in [0.05, 0.1) is 6.10 Å². The van der Waals surface area contributed by atoms with Crippen LogP contribution >= 0.6 is 0 Å². The average molecular weight is 263 g/mol. The predicted octanol–water partition coefficient (Wildman–Crippen LogP) is 2.42. The Hall–Kier alpha value is -1.55. The summed E-state index contributed by atoms with van der Waals surface area (Å²) in [4.78, 5) is 13.6. The number of nitrogens with zero attached hydrogens (tertiary/aromatic N) is 1. The van der Waals surface area contributed by atoms with Crippen LogP contribution in [-0.4, -0.2) is 35.3 Å². The molecule has 19 heavy (non-hydrogen) atoms. The van der Waals surface area contributed by atoms with Crippen LogP contribution in [0.4, 0.5) is 4.79 Å². The zero-order valence-corrected chi connectivity index (χ0v) is 11.3. The maximum Gasteiger partial charge on any atom is 0.410 e. The number of ether oxygens (including phenoxy) is 1. The minimum Gasteiger partial charge on any atom is -0.445 e. The molecule has 1 aliphatic rings. The SMILES string of the molecule is CC1CCN(C(=O)OCc2ccccc2)CCC1O. The highest BCUT2D eigenvalue weighted by Crippen LogP contribution is 2.18. The van der Waals surface area contributed by atoms with Crippen molar-refractivity contribution in [1.82, 2.24) is 4.90 Å². The van der Waals surface area contributed by atoms with Crippen molar-refractivity contribution in [2.45, 2.75) is 32.5 Å². The summed E-state index contributed by atoms with van der Waals surface area (Å²) in [5, 5.41) is 9.79. The van der Waals surface area contributed by atoms with Gasteiger partial charge >= 0.3 is 6.09 Å². The molecule has 2 atom stereocenters. The Morgan fingerprint density at radius 1 is 1.32 bits per heavy atom. The summed E-state index contributed by atoms with van der Waals surface area (Å²) in [5.41, 5.74) is 0.985. The molecular weight excluding hydrogens is 242 g/mol. The summed E-state index contributed by atoms with van der Waals surface area (Å²) in [6.07, 6.45) is 0.848. The number of rotatable bonds is 2. The Bertz CT molecular complexity index is 395. The Balaban J connectivity index is 1.83. The summed E-state index contributed by atoms with van der Waals surface area (Å²) >= 11 is 0. The zero-order chi connectivity index (χ0) is 13.7. The lowest BCUT2D eigenvalue weighted by molar-refractivity contribution is 0.0936. The van der Waals surface area contributed by atoms with Gasteiger partial charge in [-0.1, -0.05) is 37.3 Å². The fourth-order valence-electron chi connectivity index (χ4n) is 2.23. The molecule has 0 aliphatic carbocycles. The molecule has 4 heteroatoms. The van der Waals surface area contributed by atoms with Gasteiger partial charge in [0, 0.05) is 13.1 Å². The van der Waals surface area contributed by atoms with Crippen molar-refractivity contribution in [2.75, 3.05) is 13.1 Å². The molecule has 0 aromatic heterocycles. The third-order valence-electron chi connectivity index (χ3n) is 3.67. The number of carbonyl (C=O) groups excluding carboxylic acids is 1. The van der Waals surface area contributed by atoms with E-state index in [0.29, 0.717) is 26.1 Å². The first-order chi connectivity index (χ1) is 9.16. The van der Waals surface area contributed by atoms with E-state index in [1.165, 1.54) is 0 Å². The fourth-order valence-corrected chi connectivity index (χ4v) is 2.23. The van der Waals surface area contributed by atoms with Crippen LogP contribution in [0.3, 0.4) is 0 Å². The maximum atomic E-state index is 12.0. The Labute approximate surface area is 114 Å². The normalized spacial score (nSPS) is 23.8. The van der Waals surface area contributed by atoms with Gasteiger partial charge in [0.2, 0.25) is 0 Å². The molecule has 1 saturated heterocycles. The van der Waals surface area contributed by atoms with Crippen LogP contribution in [0.15, 0.2) is 30.3 Å². The monoisotopic (exact) mass is 263 g/mol. The first-order valence-corrected chi connectivity index (χ1v) is 6.80. The van der Waals surface area contributed by atoms with Crippen LogP contribution in [-0.2, 0) is 11.3 Å². The van der Waals surface area contributed by atoms with Crippen LogP contribution < -0.4 is 0 Å². The number of likely N-dealkylation sites (tertiary alicyclic amines) is 1. The highest BCUT2D eigenvalue weighted by molar-refractivity contribution is 5.67. The van der Waals surface area contributed by atoms with E-state index in [9.17, 15) is 9.90 Å². The van der Waals surface area contributed by atoms with E-state index in [1.54, 1.807) is 4.90 Å². The lowest BCUT2D eigenvalue weighted by Crippen LogP contribution is -2.32. The number of carbonyl (C=O) groups is 1. The van der Waals surface area contributed by atoms with Crippen LogP contribution in [0.5, 0.6) is 0 Å². The number of hydrogen-bond donors (Lipinski definition) is 1. The number of amides is 1. The van der Waals surface area contributed by atoms with Gasteiger partial charge in [0.15, 0.2) is 0 Å². The minimum absolute atomic E-state index is 0.243. The molecule has 0 radical (unpaired) electrons. The van der Waals surface area contributed by atoms with Gasteiger partial charge in [-0.25, -0.2) is 4.79 Å². The first-order valence-electron chi connectivity index (χ1n) is 6.80. The van der Waals surface area contributed by atoms with Crippen molar-refractivity contribution in [2.24, 2.45) is 5.92 Å². The second kappa shape index (κ2) is 6.57. The van der Waals surface area contributed by atoms with Gasteiger partial charge < -0.3 is 14.7 Å². The van der Waals surface area contributed by atoms with Crippen LogP contribution in [0, 0.1) is 5.92 Å². The summed E-state index contributed by atoms with van der Waals surface area (Å²) in [6, 6.07) is 9.65. The third-order valence-corrected chi connectivity index (χ3v) is 3.67. The smallest absolute Gasteiger partial charge is 0.410 e. The van der Waals surface area contributed by atoms with E-state index in [0.717, 1.165) is 12.0 Å². The summed E-state index contributed by atoms with van der Waals surface area (Å²) in [5.74, 6) is 0.243. The quantitative estimate of drug-likeness (QED) is 0.891. The molecule has 0 bridgehead atoms. The zero-order valence-electron chi connectivity index (χ0n) is 11.3. The topological polar surface area (TPSA) is 49.8 Å². The van der Waals surface area contributed by atoms with Crippen molar-refractivity contribution < 1.29 is 14.6 Å². The van der Waals surface area contributed by atoms with Crippen LogP contribution in [0.25, 0.3) is 0 Å². The van der Waals surface area contributed by atoms with Gasteiger partial charge in [-0.05, 0) is 24.3 Å². The van der Waals surface area contributed by atoms with Crippen LogP contribution in [0.1, 0.15) is 25.3 Å². The van der Waals surface area contributed by atoms with E-state index in [4.69, 9.17) is 4.74 Å². The van der Waals surface area contributed by atoms with Crippen molar-refractivity contribution >= 4 is 6.09 Å². The molecule has 1 amide bonds. The highest BCUT2D eigenvalue weighted by Gasteiger charge is 2.24. The fraction of sp³-hybridized carbons (Fsp3) is 0.533. The van der Waals surface area contributed by atoms with Crippen molar-refractivity contribution in [3.05, 3.63) is 35.9 Å². The summed E-state index contributed by atoms with van der Waals surface area (Å²) in [7, 11) is 0. The second-order valence-corrected chi connectivity index (χ2v) is 5.15. The van der Waals surface area contributed by atoms with E-state index in [-0.39, 0.29) is 18.1 Å². The van der Waals surface area contributed by atoms with E-state index < -0.39 is 0 Å². The third kappa shape index (κ3) is 3.96. The molecule has 0 saturated carbocycles. The van der Waals surface area contributed by atoms with Crippen LogP contribution in [0.2, 0.25) is 0 Å². The Morgan fingerprint density at radius 3 is 2.74 bits per heavy atom. The molecule has 1 aromatic rings. The molecule has 1 aliphatic heterocycles. The number of hydrogen-bond acceptors (Lipinski definition) is 3. The molecule has 1 aromatic carbocycles. The van der Waals surface area contributed by atoms with E-state index in [1.807, 2.05) is 37.3 Å². The molecule has 2 unspecified atom stereocenters. The minimum atomic E-state index is -0.313. The van der Waals surface area contributed by atoms with Crippen molar-refractivity contribution in [1.29, 1.82) is 0 Å². The lowest BCUT2D eigenvalue weighted by Gasteiger charge is -2.19. The molecule has 1 fully saturated rings. The molecule has 2 rings (SSSR count). The Morgan fingerprint density at radius 2 is 2.00 bits per heavy atom. The Kier molecular flexibility index (Phi) is 4.80. The number of aliphatic hydroxyl groups excluding tert-OH is 1. The standard InChI is InChI=1S/C15H21NO3/c1-12-7-9-16(10-8-14(12)17)15(18)19-11-13-5-3-2-4-6-13/h2-6,12,14,17H,7-11H2,1H3. The highest BCUT2D eigenvalue weighted by atomic mass is 16.6. The number of aliphatic hydroxyl groups is 1. The largest absolute Gasteiger partial charge is 0.445 e. The van der Waals surface area contributed by atoms with E-state index >= 15 is 0 Å². The van der Waals surface area contributed by atoms with Gasteiger partial charge in [0.25, 0.3) is 0 Å². The van der Waals surface area contributed by atoms with Gasteiger partial charge in [0.1, 0.15) is 6.61 Å². The molecule has 104 valence electrons. The molecular formula is C15H21NO3. The molecule has 0 spiro atoms. The summed E-state index contributed by atoms with van der Waals surface area (Å²) in [6.45, 7) is 3.54. The number of benzene rings is 1. The van der Waals surface area contributed by atoms with Gasteiger partial charge in [-0.2, -0.15) is 0 Å². The lowest BCUT2D eigenvalue weighted by atomic mass is 10.0. The van der Waals surface area contributed by atoms with Crippen molar-refractivity contribution in [3.63, 3.8) is 0 Å². The molecule has 4 nitrogen and oxygen atoms in total. The average Bonchev–Trinajstić information content (AvgIpc) is 2.60. The molecule has 1 N–H and O–H groups in total.